The number of benzene rings is 2. The van der Waals surface area contributed by atoms with Crippen molar-refractivity contribution in [2.45, 2.75) is 38.1 Å². The molecule has 25 heavy (non-hydrogen) atoms. The molecule has 5 heteroatoms. The van der Waals surface area contributed by atoms with Gasteiger partial charge >= 0.3 is 0 Å². The quantitative estimate of drug-likeness (QED) is 0.878. The van der Waals surface area contributed by atoms with Crippen molar-refractivity contribution in [1.29, 1.82) is 0 Å². The van der Waals surface area contributed by atoms with Crippen LogP contribution in [0.3, 0.4) is 0 Å². The summed E-state index contributed by atoms with van der Waals surface area (Å²) in [5.74, 6) is -0.211. The highest BCUT2D eigenvalue weighted by molar-refractivity contribution is 5.80. The Bertz CT molecular complexity index is 748. The fourth-order valence-corrected chi connectivity index (χ4v) is 3.51. The highest BCUT2D eigenvalue weighted by Crippen LogP contribution is 2.33. The SMILES string of the molecule is C[C@H](N[C@@H]1CC(=O)N(C)[C@@H]1c1ccc(F)cc1)c1cccc(CO)c1. The van der Waals surface area contributed by atoms with Gasteiger partial charge in [0.15, 0.2) is 0 Å². The summed E-state index contributed by atoms with van der Waals surface area (Å²) in [4.78, 5) is 14.0. The van der Waals surface area contributed by atoms with Crippen LogP contribution in [-0.2, 0) is 11.4 Å². The van der Waals surface area contributed by atoms with E-state index in [0.717, 1.165) is 16.7 Å². The van der Waals surface area contributed by atoms with Crippen molar-refractivity contribution in [2.75, 3.05) is 7.05 Å². The predicted octanol–water partition coefficient (Wildman–Crippen LogP) is 2.94. The summed E-state index contributed by atoms with van der Waals surface area (Å²) in [7, 11) is 1.79. The molecule has 1 aliphatic heterocycles. The van der Waals surface area contributed by atoms with Gasteiger partial charge in [0, 0.05) is 25.6 Å². The molecule has 1 amide bonds. The van der Waals surface area contributed by atoms with Crippen molar-refractivity contribution >= 4 is 5.91 Å². The van der Waals surface area contributed by atoms with E-state index < -0.39 is 0 Å². The molecule has 3 rings (SSSR count). The Morgan fingerprint density at radius 2 is 2.00 bits per heavy atom. The third-order valence-corrected chi connectivity index (χ3v) is 4.90. The highest BCUT2D eigenvalue weighted by Gasteiger charge is 2.39. The van der Waals surface area contributed by atoms with Crippen LogP contribution in [-0.4, -0.2) is 29.0 Å². The van der Waals surface area contributed by atoms with Crippen molar-refractivity contribution in [3.05, 3.63) is 71.0 Å². The molecule has 132 valence electrons. The molecule has 1 aliphatic rings. The van der Waals surface area contributed by atoms with Crippen LogP contribution in [0, 0.1) is 5.82 Å². The van der Waals surface area contributed by atoms with E-state index in [0.29, 0.717) is 6.42 Å². The summed E-state index contributed by atoms with van der Waals surface area (Å²) in [6, 6.07) is 13.9. The van der Waals surface area contributed by atoms with Crippen molar-refractivity contribution in [3.63, 3.8) is 0 Å². The van der Waals surface area contributed by atoms with Gasteiger partial charge in [-0.2, -0.15) is 0 Å². The number of carbonyl (C=O) groups is 1. The number of hydrogen-bond acceptors (Lipinski definition) is 3. The van der Waals surface area contributed by atoms with E-state index in [1.54, 1.807) is 24.1 Å². The number of carbonyl (C=O) groups excluding carboxylic acids is 1. The number of likely N-dealkylation sites (N-methyl/N-ethyl adjacent to an activating group) is 1. The molecule has 3 atom stereocenters. The maximum atomic E-state index is 13.2. The topological polar surface area (TPSA) is 52.6 Å². The first-order valence-corrected chi connectivity index (χ1v) is 8.46. The second kappa shape index (κ2) is 7.33. The van der Waals surface area contributed by atoms with E-state index in [9.17, 15) is 14.3 Å². The molecule has 0 aliphatic carbocycles. The highest BCUT2D eigenvalue weighted by atomic mass is 19.1. The molecule has 4 nitrogen and oxygen atoms in total. The molecule has 0 aromatic heterocycles. The van der Waals surface area contributed by atoms with Crippen molar-refractivity contribution in [1.82, 2.24) is 10.2 Å². The van der Waals surface area contributed by atoms with Gasteiger partial charge in [0.05, 0.1) is 12.6 Å². The molecule has 0 saturated carbocycles. The molecule has 2 N–H and O–H groups in total. The lowest BCUT2D eigenvalue weighted by Crippen LogP contribution is -2.36. The molecule has 1 fully saturated rings. The first kappa shape index (κ1) is 17.6. The molecular weight excluding hydrogens is 319 g/mol. The molecule has 1 saturated heterocycles. The van der Waals surface area contributed by atoms with Gasteiger partial charge in [0.2, 0.25) is 5.91 Å². The Morgan fingerprint density at radius 1 is 1.28 bits per heavy atom. The van der Waals surface area contributed by atoms with Gasteiger partial charge in [0.1, 0.15) is 5.82 Å². The Morgan fingerprint density at radius 3 is 2.68 bits per heavy atom. The van der Waals surface area contributed by atoms with Gasteiger partial charge in [-0.05, 0) is 35.7 Å². The minimum Gasteiger partial charge on any atom is -0.392 e. The Hall–Kier alpha value is -2.24. The summed E-state index contributed by atoms with van der Waals surface area (Å²) in [5.41, 5.74) is 2.84. The molecule has 2 aromatic rings. The normalized spacial score (nSPS) is 21.6. The summed E-state index contributed by atoms with van der Waals surface area (Å²) in [6.45, 7) is 2.05. The number of likely N-dealkylation sites (tertiary alicyclic amines) is 1. The van der Waals surface area contributed by atoms with Crippen LogP contribution < -0.4 is 5.32 Å². The Kier molecular flexibility index (Phi) is 5.16. The van der Waals surface area contributed by atoms with Gasteiger partial charge in [-0.15, -0.1) is 0 Å². The molecule has 1 heterocycles. The molecule has 0 spiro atoms. The fraction of sp³-hybridized carbons (Fsp3) is 0.350. The van der Waals surface area contributed by atoms with Gasteiger partial charge in [0.25, 0.3) is 0 Å². The van der Waals surface area contributed by atoms with Crippen molar-refractivity contribution in [2.24, 2.45) is 0 Å². The molecular formula is C20H23FN2O2. The third kappa shape index (κ3) is 3.72. The van der Waals surface area contributed by atoms with E-state index in [-0.39, 0.29) is 36.5 Å². The molecule has 0 unspecified atom stereocenters. The van der Waals surface area contributed by atoms with E-state index in [1.807, 2.05) is 31.2 Å². The number of aliphatic hydroxyl groups is 1. The Labute approximate surface area is 147 Å². The zero-order valence-electron chi connectivity index (χ0n) is 14.4. The minimum atomic E-state index is -0.283. The number of nitrogens with zero attached hydrogens (tertiary/aromatic N) is 1. The van der Waals surface area contributed by atoms with Gasteiger partial charge in [-0.3, -0.25) is 4.79 Å². The number of halogens is 1. The fourth-order valence-electron chi connectivity index (χ4n) is 3.51. The van der Waals surface area contributed by atoms with Crippen LogP contribution in [0.2, 0.25) is 0 Å². The van der Waals surface area contributed by atoms with Crippen molar-refractivity contribution in [3.8, 4) is 0 Å². The summed E-state index contributed by atoms with van der Waals surface area (Å²) < 4.78 is 13.2. The monoisotopic (exact) mass is 342 g/mol. The second-order valence-electron chi connectivity index (χ2n) is 6.60. The smallest absolute Gasteiger partial charge is 0.224 e. The number of hydrogen-bond donors (Lipinski definition) is 2. The molecule has 2 aromatic carbocycles. The lowest BCUT2D eigenvalue weighted by Gasteiger charge is -2.28. The number of nitrogens with one attached hydrogen (secondary N) is 1. The first-order valence-electron chi connectivity index (χ1n) is 8.46. The zero-order valence-corrected chi connectivity index (χ0v) is 14.4. The number of amides is 1. The third-order valence-electron chi connectivity index (χ3n) is 4.90. The lowest BCUT2D eigenvalue weighted by molar-refractivity contribution is -0.127. The minimum absolute atomic E-state index is 0.00339. The van der Waals surface area contributed by atoms with Crippen LogP contribution in [0.1, 0.15) is 42.1 Å². The van der Waals surface area contributed by atoms with Gasteiger partial charge < -0.3 is 15.3 Å². The summed E-state index contributed by atoms with van der Waals surface area (Å²) in [5, 5.41) is 12.8. The zero-order chi connectivity index (χ0) is 18.0. The predicted molar refractivity (Wildman–Crippen MR) is 94.2 cm³/mol. The first-order chi connectivity index (χ1) is 12.0. The van der Waals surface area contributed by atoms with Gasteiger partial charge in [-0.1, -0.05) is 36.4 Å². The van der Waals surface area contributed by atoms with E-state index in [1.165, 1.54) is 12.1 Å². The van der Waals surface area contributed by atoms with E-state index in [4.69, 9.17) is 0 Å². The van der Waals surface area contributed by atoms with Crippen LogP contribution in [0.25, 0.3) is 0 Å². The van der Waals surface area contributed by atoms with Crippen LogP contribution >= 0.6 is 0 Å². The van der Waals surface area contributed by atoms with Crippen molar-refractivity contribution < 1.29 is 14.3 Å². The van der Waals surface area contributed by atoms with Crippen LogP contribution in [0.4, 0.5) is 4.39 Å². The van der Waals surface area contributed by atoms with Gasteiger partial charge in [-0.25, -0.2) is 4.39 Å². The average molecular weight is 342 g/mol. The largest absolute Gasteiger partial charge is 0.392 e. The summed E-state index contributed by atoms with van der Waals surface area (Å²) >= 11 is 0. The van der Waals surface area contributed by atoms with Crippen LogP contribution in [0.15, 0.2) is 48.5 Å². The van der Waals surface area contributed by atoms with E-state index in [2.05, 4.69) is 5.32 Å². The van der Waals surface area contributed by atoms with E-state index >= 15 is 0 Å². The Balaban J connectivity index is 1.81. The van der Waals surface area contributed by atoms with Crippen LogP contribution in [0.5, 0.6) is 0 Å². The second-order valence-corrected chi connectivity index (χ2v) is 6.60. The maximum Gasteiger partial charge on any atom is 0.224 e. The molecule has 0 bridgehead atoms. The maximum absolute atomic E-state index is 13.2. The lowest BCUT2D eigenvalue weighted by atomic mass is 9.98. The number of rotatable bonds is 5. The number of aliphatic hydroxyl groups excluding tert-OH is 1. The average Bonchev–Trinajstić information content (AvgIpc) is 2.89. The standard InChI is InChI=1S/C20H23FN2O2/c1-13(16-5-3-4-14(10-16)12-24)22-18-11-19(25)23(2)20(18)15-6-8-17(21)9-7-15/h3-10,13,18,20,22,24H,11-12H2,1-2H3/t13-,18+,20+/m0/s1. The summed E-state index contributed by atoms with van der Waals surface area (Å²) in [6.07, 6.45) is 0.405. The molecule has 0 radical (unpaired) electrons.